The Balaban J connectivity index is 1.49. The minimum Gasteiger partial charge on any atom is -0.508 e. The number of thioether (sulfide) groups is 1. The summed E-state index contributed by atoms with van der Waals surface area (Å²) in [4.78, 5) is 31.0. The number of rotatable bonds is 5. The van der Waals surface area contributed by atoms with E-state index >= 15 is 0 Å². The van der Waals surface area contributed by atoms with Crippen LogP contribution in [-0.4, -0.2) is 43.0 Å². The summed E-state index contributed by atoms with van der Waals surface area (Å²) in [6, 6.07) is 7.10. The Morgan fingerprint density at radius 2 is 1.85 bits per heavy atom. The summed E-state index contributed by atoms with van der Waals surface area (Å²) < 4.78 is 5.42. The summed E-state index contributed by atoms with van der Waals surface area (Å²) in [6.07, 6.45) is 2.92. The molecule has 0 aliphatic heterocycles. The Morgan fingerprint density at radius 1 is 1.12 bits per heavy atom. The van der Waals surface area contributed by atoms with Crippen molar-refractivity contribution in [1.82, 2.24) is 25.5 Å². The van der Waals surface area contributed by atoms with Crippen LogP contribution in [0.3, 0.4) is 0 Å². The Morgan fingerprint density at radius 3 is 2.58 bits per heavy atom. The molecule has 132 valence electrons. The van der Waals surface area contributed by atoms with Gasteiger partial charge in [-0.2, -0.15) is 0 Å². The Labute approximate surface area is 151 Å². The van der Waals surface area contributed by atoms with E-state index in [-0.39, 0.29) is 28.6 Å². The van der Waals surface area contributed by atoms with Crippen molar-refractivity contribution < 1.29 is 19.1 Å². The number of anilines is 1. The van der Waals surface area contributed by atoms with Gasteiger partial charge in [-0.15, -0.1) is 10.2 Å². The molecule has 0 atom stereocenters. The summed E-state index contributed by atoms with van der Waals surface area (Å²) >= 11 is 0.983. The highest BCUT2D eigenvalue weighted by Crippen LogP contribution is 2.24. The summed E-state index contributed by atoms with van der Waals surface area (Å²) in [5, 5.41) is 21.6. The van der Waals surface area contributed by atoms with Crippen LogP contribution in [-0.2, 0) is 4.79 Å². The van der Waals surface area contributed by atoms with Crippen molar-refractivity contribution in [2.75, 3.05) is 11.1 Å². The summed E-state index contributed by atoms with van der Waals surface area (Å²) in [5.74, 6) is -0.181. The number of hydrogen-bond donors (Lipinski definition) is 3. The zero-order valence-corrected chi connectivity index (χ0v) is 13.9. The Kier molecular flexibility index (Phi) is 5.39. The number of phenols is 1. The molecule has 0 saturated heterocycles. The van der Waals surface area contributed by atoms with Gasteiger partial charge in [0.1, 0.15) is 5.75 Å². The van der Waals surface area contributed by atoms with Crippen molar-refractivity contribution in [3.63, 3.8) is 0 Å². The van der Waals surface area contributed by atoms with E-state index < -0.39 is 11.9 Å². The van der Waals surface area contributed by atoms with E-state index in [9.17, 15) is 14.7 Å². The van der Waals surface area contributed by atoms with Gasteiger partial charge in [-0.25, -0.2) is 14.8 Å². The molecule has 0 fully saturated rings. The lowest BCUT2D eigenvalue weighted by atomic mass is 10.2. The second kappa shape index (κ2) is 8.07. The van der Waals surface area contributed by atoms with Crippen LogP contribution in [0.5, 0.6) is 5.75 Å². The molecule has 2 aromatic heterocycles. The van der Waals surface area contributed by atoms with Crippen molar-refractivity contribution >= 4 is 29.6 Å². The molecule has 0 aliphatic rings. The topological polar surface area (TPSA) is 143 Å². The van der Waals surface area contributed by atoms with Gasteiger partial charge >= 0.3 is 6.03 Å². The monoisotopic (exact) mass is 372 g/mol. The maximum absolute atomic E-state index is 11.8. The average molecular weight is 372 g/mol. The number of carbonyl (C=O) groups excluding carboxylic acids is 2. The molecule has 26 heavy (non-hydrogen) atoms. The van der Waals surface area contributed by atoms with Crippen molar-refractivity contribution in [2.24, 2.45) is 0 Å². The first kappa shape index (κ1) is 17.4. The summed E-state index contributed by atoms with van der Waals surface area (Å²) in [5.41, 5.74) is 0.633. The lowest BCUT2D eigenvalue weighted by molar-refractivity contribution is -0.117. The van der Waals surface area contributed by atoms with Crippen LogP contribution in [0.15, 0.2) is 52.4 Å². The second-order valence-corrected chi connectivity index (χ2v) is 5.71. The molecule has 1 aromatic carbocycles. The number of carbonyl (C=O) groups is 2. The van der Waals surface area contributed by atoms with Gasteiger partial charge in [0.25, 0.3) is 5.22 Å². The van der Waals surface area contributed by atoms with Crippen LogP contribution in [0, 0.1) is 0 Å². The first-order chi connectivity index (χ1) is 12.6. The predicted molar refractivity (Wildman–Crippen MR) is 91.3 cm³/mol. The lowest BCUT2D eigenvalue weighted by Gasteiger charge is -2.03. The number of nitrogens with one attached hydrogen (secondary N) is 2. The Hall–Kier alpha value is -3.47. The van der Waals surface area contributed by atoms with Gasteiger partial charge in [0.2, 0.25) is 17.7 Å². The van der Waals surface area contributed by atoms with Crippen LogP contribution in [0.1, 0.15) is 0 Å². The minimum atomic E-state index is -0.739. The SMILES string of the molecule is O=C(CSc1nnc(-c2ccc(O)cc2)o1)NC(=O)Nc1ncccn1. The molecule has 3 rings (SSSR count). The molecule has 3 aromatic rings. The number of hydrogen-bond acceptors (Lipinski definition) is 9. The fourth-order valence-corrected chi connectivity index (χ4v) is 2.34. The van der Waals surface area contributed by atoms with Crippen LogP contribution in [0.25, 0.3) is 11.5 Å². The molecule has 11 heteroatoms. The summed E-state index contributed by atoms with van der Waals surface area (Å²) in [7, 11) is 0. The standard InChI is InChI=1S/C15H12N6O4S/c22-10-4-2-9(3-5-10)12-20-21-15(25-12)26-8-11(23)18-14(24)19-13-16-6-1-7-17-13/h1-7,22H,8H2,(H2,16,17,18,19,23,24). The highest BCUT2D eigenvalue weighted by atomic mass is 32.2. The molecule has 10 nitrogen and oxygen atoms in total. The van der Waals surface area contributed by atoms with Gasteiger partial charge in [-0.05, 0) is 30.3 Å². The highest BCUT2D eigenvalue weighted by Gasteiger charge is 2.13. The van der Waals surface area contributed by atoms with Crippen LogP contribution in [0.4, 0.5) is 10.7 Å². The molecule has 0 unspecified atom stereocenters. The number of urea groups is 1. The normalized spacial score (nSPS) is 10.3. The minimum absolute atomic E-state index is 0.0842. The molecular formula is C15H12N6O4S. The zero-order chi connectivity index (χ0) is 18.4. The molecule has 0 aliphatic carbocycles. The maximum atomic E-state index is 11.8. The van der Waals surface area contributed by atoms with Gasteiger partial charge in [-0.1, -0.05) is 11.8 Å². The van der Waals surface area contributed by atoms with Gasteiger partial charge in [0, 0.05) is 18.0 Å². The van der Waals surface area contributed by atoms with Crippen molar-refractivity contribution in [1.29, 1.82) is 0 Å². The van der Waals surface area contributed by atoms with E-state index in [2.05, 4.69) is 30.8 Å². The van der Waals surface area contributed by atoms with Crippen LogP contribution >= 0.6 is 11.8 Å². The molecule has 0 radical (unpaired) electrons. The van der Waals surface area contributed by atoms with E-state index in [1.54, 1.807) is 18.2 Å². The van der Waals surface area contributed by atoms with Gasteiger partial charge in [0.05, 0.1) is 5.75 Å². The largest absolute Gasteiger partial charge is 0.508 e. The molecule has 0 saturated carbocycles. The maximum Gasteiger partial charge on any atom is 0.328 e. The molecule has 0 bridgehead atoms. The average Bonchev–Trinajstić information content (AvgIpc) is 3.10. The van der Waals surface area contributed by atoms with Gasteiger partial charge in [0.15, 0.2) is 0 Å². The Bertz CT molecular complexity index is 900. The number of phenolic OH excluding ortho intramolecular Hbond substituents is 1. The number of aromatic nitrogens is 4. The third kappa shape index (κ3) is 4.77. The number of nitrogens with zero attached hydrogens (tertiary/aromatic N) is 4. The third-order valence-electron chi connectivity index (χ3n) is 2.89. The van der Waals surface area contributed by atoms with Crippen LogP contribution in [0.2, 0.25) is 0 Å². The van der Waals surface area contributed by atoms with Crippen molar-refractivity contribution in [3.8, 4) is 17.2 Å². The van der Waals surface area contributed by atoms with E-state index in [0.29, 0.717) is 5.56 Å². The molecule has 3 N–H and O–H groups in total. The third-order valence-corrected chi connectivity index (χ3v) is 3.71. The van der Waals surface area contributed by atoms with Crippen LogP contribution < -0.4 is 10.6 Å². The number of aromatic hydroxyl groups is 1. The van der Waals surface area contributed by atoms with E-state index in [1.165, 1.54) is 24.5 Å². The van der Waals surface area contributed by atoms with E-state index in [4.69, 9.17) is 4.42 Å². The predicted octanol–water partition coefficient (Wildman–Crippen LogP) is 1.67. The second-order valence-electron chi connectivity index (χ2n) is 4.78. The molecule has 3 amide bonds. The lowest BCUT2D eigenvalue weighted by Crippen LogP contribution is -2.35. The number of amides is 3. The summed E-state index contributed by atoms with van der Waals surface area (Å²) in [6.45, 7) is 0. The zero-order valence-electron chi connectivity index (χ0n) is 13.1. The quantitative estimate of drug-likeness (QED) is 0.570. The van der Waals surface area contributed by atoms with E-state index in [0.717, 1.165) is 11.8 Å². The van der Waals surface area contributed by atoms with Gasteiger partial charge in [-0.3, -0.25) is 15.4 Å². The first-order valence-electron chi connectivity index (χ1n) is 7.24. The van der Waals surface area contributed by atoms with Gasteiger partial charge < -0.3 is 9.52 Å². The smallest absolute Gasteiger partial charge is 0.328 e. The van der Waals surface area contributed by atoms with Crippen molar-refractivity contribution in [3.05, 3.63) is 42.7 Å². The van der Waals surface area contributed by atoms with Crippen molar-refractivity contribution in [2.45, 2.75) is 5.22 Å². The molecule has 0 spiro atoms. The first-order valence-corrected chi connectivity index (χ1v) is 8.22. The van der Waals surface area contributed by atoms with E-state index in [1.807, 2.05) is 0 Å². The number of benzene rings is 1. The number of imide groups is 1. The fraction of sp³-hybridized carbons (Fsp3) is 0.0667. The molecular weight excluding hydrogens is 360 g/mol. The molecule has 2 heterocycles. The fourth-order valence-electron chi connectivity index (χ4n) is 1.78. The highest BCUT2D eigenvalue weighted by molar-refractivity contribution is 7.99.